The fourth-order valence-electron chi connectivity index (χ4n) is 1.59. The van der Waals surface area contributed by atoms with Gasteiger partial charge in [-0.1, -0.05) is 23.8 Å². The summed E-state index contributed by atoms with van der Waals surface area (Å²) in [5.74, 6) is 0.704. The lowest BCUT2D eigenvalue weighted by atomic mass is 10.1. The van der Waals surface area contributed by atoms with Gasteiger partial charge < -0.3 is 15.0 Å². The Bertz CT molecular complexity index is 426. The number of rotatable bonds is 7. The molecular weight excluding hydrogens is 258 g/mol. The molecule has 0 bridgehead atoms. The van der Waals surface area contributed by atoms with Crippen LogP contribution in [0.3, 0.4) is 0 Å². The maximum atomic E-state index is 5.35. The fraction of sp³-hybridized carbons (Fsp3) is 0.643. The monoisotopic (exact) mass is 283 g/mol. The van der Waals surface area contributed by atoms with Crippen molar-refractivity contribution in [3.63, 3.8) is 0 Å². The standard InChI is InChI=1S/C14H25N3OS/c1-7-8-15-11(3)10(2)9-12-13(18-6)16-14(19-12)17(4)5/h9,11,15H,7-8H2,1-6H3. The van der Waals surface area contributed by atoms with E-state index in [0.29, 0.717) is 11.9 Å². The Morgan fingerprint density at radius 1 is 1.53 bits per heavy atom. The van der Waals surface area contributed by atoms with E-state index in [4.69, 9.17) is 4.74 Å². The van der Waals surface area contributed by atoms with Crippen LogP contribution in [0.1, 0.15) is 32.1 Å². The first-order valence-electron chi connectivity index (χ1n) is 6.63. The Labute approximate surface area is 120 Å². The van der Waals surface area contributed by atoms with Crippen molar-refractivity contribution in [2.24, 2.45) is 0 Å². The van der Waals surface area contributed by atoms with E-state index in [1.807, 2.05) is 19.0 Å². The molecule has 1 aromatic heterocycles. The number of hydrogen-bond donors (Lipinski definition) is 1. The van der Waals surface area contributed by atoms with Crippen LogP contribution in [-0.4, -0.2) is 38.8 Å². The van der Waals surface area contributed by atoms with Gasteiger partial charge in [0.2, 0.25) is 5.88 Å². The van der Waals surface area contributed by atoms with Gasteiger partial charge in [0, 0.05) is 20.1 Å². The van der Waals surface area contributed by atoms with Gasteiger partial charge >= 0.3 is 0 Å². The predicted molar refractivity (Wildman–Crippen MR) is 84.4 cm³/mol. The minimum atomic E-state index is 0.370. The van der Waals surface area contributed by atoms with Gasteiger partial charge in [-0.25, -0.2) is 0 Å². The Balaban J connectivity index is 2.89. The molecule has 0 aromatic carbocycles. The van der Waals surface area contributed by atoms with Crippen molar-refractivity contribution in [3.8, 4) is 5.88 Å². The average Bonchev–Trinajstić information content (AvgIpc) is 2.79. The summed E-state index contributed by atoms with van der Waals surface area (Å²) in [6.45, 7) is 7.53. The molecule has 5 heteroatoms. The van der Waals surface area contributed by atoms with Crippen molar-refractivity contribution in [2.75, 3.05) is 32.6 Å². The van der Waals surface area contributed by atoms with Crippen molar-refractivity contribution in [3.05, 3.63) is 10.5 Å². The van der Waals surface area contributed by atoms with Gasteiger partial charge in [0.25, 0.3) is 0 Å². The van der Waals surface area contributed by atoms with Crippen LogP contribution in [0.4, 0.5) is 5.13 Å². The largest absolute Gasteiger partial charge is 0.480 e. The van der Waals surface area contributed by atoms with Crippen LogP contribution in [0.25, 0.3) is 6.08 Å². The molecule has 0 saturated carbocycles. The molecule has 1 aromatic rings. The quantitative estimate of drug-likeness (QED) is 0.834. The van der Waals surface area contributed by atoms with Gasteiger partial charge in [-0.3, -0.25) is 0 Å². The molecule has 0 amide bonds. The van der Waals surface area contributed by atoms with Crippen molar-refractivity contribution < 1.29 is 4.74 Å². The summed E-state index contributed by atoms with van der Waals surface area (Å²) in [6, 6.07) is 0.370. The van der Waals surface area contributed by atoms with E-state index < -0.39 is 0 Å². The molecule has 1 N–H and O–H groups in total. The molecular formula is C14H25N3OS. The Kier molecular flexibility index (Phi) is 6.31. The fourth-order valence-corrected chi connectivity index (χ4v) is 2.56. The van der Waals surface area contributed by atoms with E-state index in [1.54, 1.807) is 18.4 Å². The zero-order valence-corrected chi connectivity index (χ0v) is 13.6. The van der Waals surface area contributed by atoms with Gasteiger partial charge in [-0.05, 0) is 32.9 Å². The Morgan fingerprint density at radius 2 is 2.21 bits per heavy atom. The van der Waals surface area contributed by atoms with Crippen LogP contribution in [0, 0.1) is 0 Å². The summed E-state index contributed by atoms with van der Waals surface area (Å²) in [5.41, 5.74) is 1.29. The van der Waals surface area contributed by atoms with Crippen molar-refractivity contribution in [1.29, 1.82) is 0 Å². The summed E-state index contributed by atoms with van der Waals surface area (Å²) in [6.07, 6.45) is 3.31. The molecule has 4 nitrogen and oxygen atoms in total. The second-order valence-corrected chi connectivity index (χ2v) is 5.84. The van der Waals surface area contributed by atoms with E-state index in [-0.39, 0.29) is 0 Å². The summed E-state index contributed by atoms with van der Waals surface area (Å²) in [5, 5.41) is 4.45. The van der Waals surface area contributed by atoms with Crippen molar-refractivity contribution in [2.45, 2.75) is 33.2 Å². The highest BCUT2D eigenvalue weighted by Gasteiger charge is 2.12. The summed E-state index contributed by atoms with van der Waals surface area (Å²) >= 11 is 1.65. The maximum absolute atomic E-state index is 5.35. The maximum Gasteiger partial charge on any atom is 0.233 e. The lowest BCUT2D eigenvalue weighted by molar-refractivity contribution is 0.400. The van der Waals surface area contributed by atoms with Crippen molar-refractivity contribution >= 4 is 22.5 Å². The zero-order chi connectivity index (χ0) is 14.4. The highest BCUT2D eigenvalue weighted by Crippen LogP contribution is 2.32. The first-order valence-corrected chi connectivity index (χ1v) is 7.45. The molecule has 0 saturated heterocycles. The molecule has 0 spiro atoms. The molecule has 0 fully saturated rings. The molecule has 1 rings (SSSR count). The third kappa shape index (κ3) is 4.51. The number of ether oxygens (including phenoxy) is 1. The third-order valence-corrected chi connectivity index (χ3v) is 4.08. The normalized spacial score (nSPS) is 13.5. The van der Waals surface area contributed by atoms with Gasteiger partial charge in [-0.2, -0.15) is 4.98 Å². The topological polar surface area (TPSA) is 37.4 Å². The SMILES string of the molecule is CCCNC(C)C(C)=Cc1sc(N(C)C)nc1OC. The highest BCUT2D eigenvalue weighted by atomic mass is 32.1. The van der Waals surface area contributed by atoms with E-state index >= 15 is 0 Å². The first-order chi connectivity index (χ1) is 8.99. The Hall–Kier alpha value is -1.07. The average molecular weight is 283 g/mol. The number of anilines is 1. The van der Waals surface area contributed by atoms with E-state index in [0.717, 1.165) is 23.0 Å². The molecule has 19 heavy (non-hydrogen) atoms. The minimum Gasteiger partial charge on any atom is -0.480 e. The molecule has 1 unspecified atom stereocenters. The molecule has 0 aliphatic heterocycles. The van der Waals surface area contributed by atoms with Gasteiger partial charge in [-0.15, -0.1) is 0 Å². The van der Waals surface area contributed by atoms with Gasteiger partial charge in [0.1, 0.15) is 0 Å². The van der Waals surface area contributed by atoms with Crippen LogP contribution in [0.2, 0.25) is 0 Å². The number of thiazole rings is 1. The smallest absolute Gasteiger partial charge is 0.233 e. The molecule has 1 atom stereocenters. The highest BCUT2D eigenvalue weighted by molar-refractivity contribution is 7.16. The zero-order valence-electron chi connectivity index (χ0n) is 12.8. The number of nitrogens with one attached hydrogen (secondary N) is 1. The number of nitrogens with zero attached hydrogens (tertiary/aromatic N) is 2. The van der Waals surface area contributed by atoms with E-state index in [1.165, 1.54) is 5.57 Å². The van der Waals surface area contributed by atoms with E-state index in [2.05, 4.69) is 37.1 Å². The van der Waals surface area contributed by atoms with Crippen LogP contribution in [0.5, 0.6) is 5.88 Å². The predicted octanol–water partition coefficient (Wildman–Crippen LogP) is 3.01. The van der Waals surface area contributed by atoms with Crippen LogP contribution < -0.4 is 15.0 Å². The summed E-state index contributed by atoms with van der Waals surface area (Å²) < 4.78 is 5.35. The molecule has 0 aliphatic rings. The first kappa shape index (κ1) is 16.0. The van der Waals surface area contributed by atoms with Crippen LogP contribution >= 0.6 is 11.3 Å². The lowest BCUT2D eigenvalue weighted by Gasteiger charge is -2.13. The van der Waals surface area contributed by atoms with Crippen molar-refractivity contribution in [1.82, 2.24) is 10.3 Å². The number of hydrogen-bond acceptors (Lipinski definition) is 5. The minimum absolute atomic E-state index is 0.370. The lowest BCUT2D eigenvalue weighted by Crippen LogP contribution is -2.27. The number of methoxy groups -OCH3 is 1. The van der Waals surface area contributed by atoms with Crippen LogP contribution in [0.15, 0.2) is 5.57 Å². The molecule has 0 aliphatic carbocycles. The van der Waals surface area contributed by atoms with Gasteiger partial charge in [0.15, 0.2) is 5.13 Å². The second kappa shape index (κ2) is 7.50. The summed E-state index contributed by atoms with van der Waals surface area (Å²) in [7, 11) is 5.65. The Morgan fingerprint density at radius 3 is 2.74 bits per heavy atom. The number of aromatic nitrogens is 1. The third-order valence-electron chi connectivity index (χ3n) is 2.93. The summed E-state index contributed by atoms with van der Waals surface area (Å²) in [4.78, 5) is 7.54. The second-order valence-electron chi connectivity index (χ2n) is 4.83. The van der Waals surface area contributed by atoms with E-state index in [9.17, 15) is 0 Å². The molecule has 108 valence electrons. The molecule has 0 radical (unpaired) electrons. The molecule has 1 heterocycles. The van der Waals surface area contributed by atoms with Gasteiger partial charge in [0.05, 0.1) is 12.0 Å². The van der Waals surface area contributed by atoms with Crippen LogP contribution in [-0.2, 0) is 0 Å².